The zero-order valence-corrected chi connectivity index (χ0v) is 15.2. The van der Waals surface area contributed by atoms with Gasteiger partial charge in [-0.15, -0.1) is 11.8 Å². The van der Waals surface area contributed by atoms with Gasteiger partial charge in [-0.25, -0.2) is 5.43 Å². The number of hydrogen-bond donors (Lipinski definition) is 1. The quantitative estimate of drug-likeness (QED) is 0.380. The molecule has 0 bridgehead atoms. The summed E-state index contributed by atoms with van der Waals surface area (Å²) in [7, 11) is 0. The number of amides is 1. The van der Waals surface area contributed by atoms with Crippen molar-refractivity contribution in [1.82, 2.24) is 5.43 Å². The normalized spacial score (nSPS) is 11.0. The van der Waals surface area contributed by atoms with Crippen LogP contribution in [-0.4, -0.2) is 22.8 Å². The number of carbonyl (C=O) groups is 1. The number of benzene rings is 3. The Morgan fingerprint density at radius 1 is 1.07 bits per heavy atom. The molecular weight excluding hydrogens is 362 g/mol. The van der Waals surface area contributed by atoms with Crippen LogP contribution in [0.25, 0.3) is 10.8 Å². The molecule has 0 aromatic heterocycles. The zero-order valence-electron chi connectivity index (χ0n) is 14.4. The lowest BCUT2D eigenvalue weighted by Crippen LogP contribution is -2.19. The standard InChI is InChI=1S/C20H17N3O3S/c24-20(22-21-12-15-6-9-19(10-7-15)23(25)26)14-27-13-16-5-8-17-3-1-2-4-18(17)11-16/h1-12H,13-14H2,(H,22,24)/b21-12-. The van der Waals surface area contributed by atoms with Gasteiger partial charge in [0.15, 0.2) is 0 Å². The summed E-state index contributed by atoms with van der Waals surface area (Å²) < 4.78 is 0. The Kier molecular flexibility index (Phi) is 6.17. The number of thioether (sulfide) groups is 1. The largest absolute Gasteiger partial charge is 0.272 e. The molecule has 0 atom stereocenters. The lowest BCUT2D eigenvalue weighted by molar-refractivity contribution is -0.384. The Hall–Kier alpha value is -3.19. The van der Waals surface area contributed by atoms with Crippen molar-refractivity contribution < 1.29 is 9.72 Å². The van der Waals surface area contributed by atoms with Crippen LogP contribution in [0, 0.1) is 10.1 Å². The van der Waals surface area contributed by atoms with Crippen LogP contribution >= 0.6 is 11.8 Å². The minimum Gasteiger partial charge on any atom is -0.272 e. The predicted molar refractivity (Wildman–Crippen MR) is 109 cm³/mol. The molecule has 1 amide bonds. The molecule has 0 spiro atoms. The maximum atomic E-state index is 11.8. The van der Waals surface area contributed by atoms with Crippen LogP contribution in [-0.2, 0) is 10.5 Å². The second-order valence-electron chi connectivity index (χ2n) is 5.82. The number of fused-ring (bicyclic) bond motifs is 1. The van der Waals surface area contributed by atoms with Crippen molar-refractivity contribution in [1.29, 1.82) is 0 Å². The summed E-state index contributed by atoms with van der Waals surface area (Å²) in [6.45, 7) is 0. The number of nitrogens with zero attached hydrogens (tertiary/aromatic N) is 2. The number of nitrogens with one attached hydrogen (secondary N) is 1. The highest BCUT2D eigenvalue weighted by Crippen LogP contribution is 2.19. The third-order valence-electron chi connectivity index (χ3n) is 3.82. The van der Waals surface area contributed by atoms with E-state index in [0.29, 0.717) is 11.3 Å². The van der Waals surface area contributed by atoms with Gasteiger partial charge in [0.2, 0.25) is 5.91 Å². The first-order valence-electron chi connectivity index (χ1n) is 8.23. The number of hydrazone groups is 1. The minimum atomic E-state index is -0.463. The van der Waals surface area contributed by atoms with Gasteiger partial charge in [-0.05, 0) is 34.0 Å². The van der Waals surface area contributed by atoms with Crippen molar-refractivity contribution >= 4 is 40.3 Å². The van der Waals surface area contributed by atoms with Crippen LogP contribution in [0.15, 0.2) is 71.8 Å². The summed E-state index contributed by atoms with van der Waals surface area (Å²) in [6, 6.07) is 20.4. The summed E-state index contributed by atoms with van der Waals surface area (Å²) in [4.78, 5) is 22.0. The number of hydrogen-bond acceptors (Lipinski definition) is 5. The van der Waals surface area contributed by atoms with Crippen LogP contribution < -0.4 is 5.43 Å². The molecule has 3 rings (SSSR count). The molecule has 27 heavy (non-hydrogen) atoms. The molecule has 7 heteroatoms. The first-order valence-corrected chi connectivity index (χ1v) is 9.39. The van der Waals surface area contributed by atoms with Gasteiger partial charge < -0.3 is 0 Å². The minimum absolute atomic E-state index is 0.0151. The van der Waals surface area contributed by atoms with Crippen molar-refractivity contribution in [2.45, 2.75) is 5.75 Å². The molecule has 1 N–H and O–H groups in total. The fourth-order valence-corrected chi connectivity index (χ4v) is 3.25. The van der Waals surface area contributed by atoms with Gasteiger partial charge in [0, 0.05) is 17.9 Å². The maximum Gasteiger partial charge on any atom is 0.269 e. The molecular formula is C20H17N3O3S. The highest BCUT2D eigenvalue weighted by atomic mass is 32.2. The molecule has 0 aliphatic rings. The van der Waals surface area contributed by atoms with Gasteiger partial charge in [-0.1, -0.05) is 42.5 Å². The fourth-order valence-electron chi connectivity index (χ4n) is 2.48. The number of non-ortho nitro benzene ring substituents is 1. The number of rotatable bonds is 7. The van der Waals surface area contributed by atoms with Crippen molar-refractivity contribution in [3.05, 3.63) is 88.0 Å². The summed E-state index contributed by atoms with van der Waals surface area (Å²) in [6.07, 6.45) is 1.45. The summed E-state index contributed by atoms with van der Waals surface area (Å²) >= 11 is 1.51. The van der Waals surface area contributed by atoms with E-state index < -0.39 is 4.92 Å². The third kappa shape index (κ3) is 5.39. The first kappa shape index (κ1) is 18.6. The maximum absolute atomic E-state index is 11.8. The number of carbonyl (C=O) groups excluding carboxylic acids is 1. The molecule has 3 aromatic rings. The molecule has 0 unspecified atom stereocenters. The summed E-state index contributed by atoms with van der Waals surface area (Å²) in [5.74, 6) is 0.841. The molecule has 0 heterocycles. The van der Waals surface area contributed by atoms with Gasteiger partial charge in [-0.3, -0.25) is 14.9 Å². The van der Waals surface area contributed by atoms with Crippen LogP contribution in [0.3, 0.4) is 0 Å². The topological polar surface area (TPSA) is 84.6 Å². The second-order valence-corrected chi connectivity index (χ2v) is 6.80. The Labute approximate surface area is 160 Å². The van der Waals surface area contributed by atoms with E-state index in [0.717, 1.165) is 5.75 Å². The Balaban J connectivity index is 1.44. The second kappa shape index (κ2) is 8.95. The van der Waals surface area contributed by atoms with Crippen LogP contribution in [0.5, 0.6) is 0 Å². The van der Waals surface area contributed by atoms with Crippen molar-refractivity contribution in [2.75, 3.05) is 5.75 Å². The number of nitro groups is 1. The van der Waals surface area contributed by atoms with Crippen LogP contribution in [0.1, 0.15) is 11.1 Å². The molecule has 6 nitrogen and oxygen atoms in total. The SMILES string of the molecule is O=C(CSCc1ccc2ccccc2c1)N/N=C\c1ccc([N+](=O)[O-])cc1. The zero-order chi connectivity index (χ0) is 19.1. The van der Waals surface area contributed by atoms with E-state index in [1.165, 1.54) is 46.4 Å². The lowest BCUT2D eigenvalue weighted by Gasteiger charge is -2.04. The van der Waals surface area contributed by atoms with E-state index in [1.54, 1.807) is 12.1 Å². The highest BCUT2D eigenvalue weighted by Gasteiger charge is 2.04. The highest BCUT2D eigenvalue weighted by molar-refractivity contribution is 7.99. The molecule has 0 aliphatic carbocycles. The first-order chi connectivity index (χ1) is 13.1. The molecule has 0 radical (unpaired) electrons. The average Bonchev–Trinajstić information content (AvgIpc) is 2.68. The van der Waals surface area contributed by atoms with Gasteiger partial charge >= 0.3 is 0 Å². The molecule has 0 saturated heterocycles. The molecule has 0 fully saturated rings. The van der Waals surface area contributed by atoms with Crippen LogP contribution in [0.4, 0.5) is 5.69 Å². The smallest absolute Gasteiger partial charge is 0.269 e. The summed E-state index contributed by atoms with van der Waals surface area (Å²) in [5.41, 5.74) is 4.31. The van der Waals surface area contributed by atoms with Crippen molar-refractivity contribution in [2.24, 2.45) is 5.10 Å². The molecule has 0 saturated carbocycles. The van der Waals surface area contributed by atoms with E-state index in [2.05, 4.69) is 40.9 Å². The fraction of sp³-hybridized carbons (Fsp3) is 0.100. The van der Waals surface area contributed by atoms with E-state index in [-0.39, 0.29) is 11.6 Å². The summed E-state index contributed by atoms with van der Waals surface area (Å²) in [5, 5.41) is 16.9. The Morgan fingerprint density at radius 2 is 1.81 bits per heavy atom. The number of nitro benzene ring substituents is 1. The molecule has 136 valence electrons. The van der Waals surface area contributed by atoms with E-state index in [1.807, 2.05) is 12.1 Å². The van der Waals surface area contributed by atoms with Gasteiger partial charge in [-0.2, -0.15) is 5.10 Å². The van der Waals surface area contributed by atoms with Gasteiger partial charge in [0.25, 0.3) is 5.69 Å². The predicted octanol–water partition coefficient (Wildman–Crippen LogP) is 4.13. The van der Waals surface area contributed by atoms with Crippen LogP contribution in [0.2, 0.25) is 0 Å². The van der Waals surface area contributed by atoms with E-state index in [9.17, 15) is 14.9 Å². The molecule has 3 aromatic carbocycles. The monoisotopic (exact) mass is 379 g/mol. The molecule has 0 aliphatic heterocycles. The van der Waals surface area contributed by atoms with Gasteiger partial charge in [0.1, 0.15) is 0 Å². The van der Waals surface area contributed by atoms with Gasteiger partial charge in [0.05, 0.1) is 16.9 Å². The average molecular weight is 379 g/mol. The van der Waals surface area contributed by atoms with E-state index in [4.69, 9.17) is 0 Å². The Bertz CT molecular complexity index is 987. The van der Waals surface area contributed by atoms with E-state index >= 15 is 0 Å². The van der Waals surface area contributed by atoms with Crippen molar-refractivity contribution in [3.8, 4) is 0 Å². The van der Waals surface area contributed by atoms with Crippen molar-refractivity contribution in [3.63, 3.8) is 0 Å². The Morgan fingerprint density at radius 3 is 2.56 bits per heavy atom. The third-order valence-corrected chi connectivity index (χ3v) is 4.83. The lowest BCUT2D eigenvalue weighted by atomic mass is 10.1.